The number of aromatic nitrogens is 1. The predicted molar refractivity (Wildman–Crippen MR) is 56.4 cm³/mol. The molecule has 0 atom stereocenters. The summed E-state index contributed by atoms with van der Waals surface area (Å²) >= 11 is 6.02. The van der Waals surface area contributed by atoms with Crippen LogP contribution in [0.15, 0.2) is 22.9 Å². The van der Waals surface area contributed by atoms with Crippen LogP contribution in [0.5, 0.6) is 0 Å². The van der Waals surface area contributed by atoms with Crippen LogP contribution in [0, 0.1) is 0 Å². The number of hydrogen-bond donors (Lipinski definition) is 1. The average molecular weight is 211 g/mol. The molecule has 0 fully saturated rings. The first-order chi connectivity index (χ1) is 6.81. The fourth-order valence-electron chi connectivity index (χ4n) is 1.43. The average Bonchev–Trinajstić information content (AvgIpc) is 2.63. The van der Waals surface area contributed by atoms with Crippen molar-refractivity contribution in [1.82, 2.24) is 4.98 Å². The van der Waals surface area contributed by atoms with Crippen LogP contribution in [0.4, 0.5) is 0 Å². The molecule has 0 radical (unpaired) electrons. The summed E-state index contributed by atoms with van der Waals surface area (Å²) < 4.78 is 5.14. The number of halogens is 1. The van der Waals surface area contributed by atoms with Crippen LogP contribution >= 0.6 is 11.6 Å². The van der Waals surface area contributed by atoms with E-state index >= 15 is 0 Å². The van der Waals surface area contributed by atoms with Gasteiger partial charge in [0.25, 0.3) is 0 Å². The third-order valence-electron chi connectivity index (χ3n) is 2.12. The highest BCUT2D eigenvalue weighted by Crippen LogP contribution is 2.24. The molecule has 2 aromatic rings. The second-order valence-electron chi connectivity index (χ2n) is 3.17. The van der Waals surface area contributed by atoms with E-state index in [1.807, 2.05) is 12.1 Å². The van der Waals surface area contributed by atoms with Crippen molar-refractivity contribution in [3.05, 3.63) is 29.1 Å². The molecule has 14 heavy (non-hydrogen) atoms. The van der Waals surface area contributed by atoms with Crippen molar-refractivity contribution in [1.29, 1.82) is 0 Å². The van der Waals surface area contributed by atoms with Crippen molar-refractivity contribution in [2.45, 2.75) is 12.8 Å². The van der Waals surface area contributed by atoms with E-state index < -0.39 is 0 Å². The topological polar surface area (TPSA) is 52.0 Å². The molecule has 1 heterocycles. The van der Waals surface area contributed by atoms with Crippen LogP contribution in [0.2, 0.25) is 5.02 Å². The minimum Gasteiger partial charge on any atom is -0.442 e. The second kappa shape index (κ2) is 3.98. The Bertz CT molecular complexity index is 439. The number of nitrogens with zero attached hydrogens (tertiary/aromatic N) is 1. The summed E-state index contributed by atoms with van der Waals surface area (Å²) in [7, 11) is 0. The van der Waals surface area contributed by atoms with Gasteiger partial charge in [0.15, 0.2) is 12.0 Å². The summed E-state index contributed by atoms with van der Waals surface area (Å²) in [5.74, 6) is 0. The van der Waals surface area contributed by atoms with E-state index in [0.717, 1.165) is 23.9 Å². The maximum Gasteiger partial charge on any atom is 0.182 e. The van der Waals surface area contributed by atoms with E-state index in [4.69, 9.17) is 21.8 Å². The Labute approximate surface area is 86.9 Å². The molecule has 2 rings (SSSR count). The summed E-state index contributed by atoms with van der Waals surface area (Å²) in [6, 6.07) is 3.89. The van der Waals surface area contributed by atoms with Crippen LogP contribution in [0.3, 0.4) is 0 Å². The molecular weight excluding hydrogens is 200 g/mol. The summed E-state index contributed by atoms with van der Waals surface area (Å²) in [6.45, 7) is 0.689. The quantitative estimate of drug-likeness (QED) is 0.846. The molecule has 0 aliphatic heterocycles. The van der Waals surface area contributed by atoms with Gasteiger partial charge in [-0.3, -0.25) is 0 Å². The number of oxazole rings is 1. The molecule has 0 bridgehead atoms. The Hall–Kier alpha value is -1.06. The first kappa shape index (κ1) is 9.49. The smallest absolute Gasteiger partial charge is 0.182 e. The molecule has 0 aliphatic rings. The Morgan fingerprint density at radius 1 is 1.43 bits per heavy atom. The van der Waals surface area contributed by atoms with Gasteiger partial charge in [0.05, 0.1) is 5.02 Å². The van der Waals surface area contributed by atoms with Crippen molar-refractivity contribution in [3.63, 3.8) is 0 Å². The first-order valence-electron chi connectivity index (χ1n) is 4.53. The largest absolute Gasteiger partial charge is 0.442 e. The Balaban J connectivity index is 2.38. The van der Waals surface area contributed by atoms with Crippen molar-refractivity contribution in [3.8, 4) is 0 Å². The van der Waals surface area contributed by atoms with Gasteiger partial charge in [-0.2, -0.15) is 0 Å². The standard InChI is InChI=1S/C10H11ClN2O/c11-8-4-7(2-1-3-12)5-9-10(8)14-6-13-9/h4-6H,1-3,12H2. The number of nitrogens with two attached hydrogens (primary N) is 1. The van der Waals surface area contributed by atoms with Gasteiger partial charge in [0.2, 0.25) is 0 Å². The highest BCUT2D eigenvalue weighted by Gasteiger charge is 2.05. The molecule has 0 spiro atoms. The van der Waals surface area contributed by atoms with Crippen LogP contribution in [-0.2, 0) is 6.42 Å². The lowest BCUT2D eigenvalue weighted by molar-refractivity contribution is 0.602. The van der Waals surface area contributed by atoms with Gasteiger partial charge < -0.3 is 10.2 Å². The number of rotatable bonds is 3. The third-order valence-corrected chi connectivity index (χ3v) is 2.40. The molecule has 0 saturated heterocycles. The van der Waals surface area contributed by atoms with Crippen molar-refractivity contribution in [2.24, 2.45) is 5.73 Å². The maximum absolute atomic E-state index is 6.02. The van der Waals surface area contributed by atoms with Crippen LogP contribution in [0.1, 0.15) is 12.0 Å². The van der Waals surface area contributed by atoms with E-state index in [9.17, 15) is 0 Å². The molecular formula is C10H11ClN2O. The van der Waals surface area contributed by atoms with Gasteiger partial charge in [-0.05, 0) is 37.1 Å². The molecule has 0 unspecified atom stereocenters. The predicted octanol–water partition coefficient (Wildman–Crippen LogP) is 2.37. The molecule has 0 amide bonds. The summed E-state index contributed by atoms with van der Waals surface area (Å²) in [4.78, 5) is 4.07. The van der Waals surface area contributed by atoms with Crippen molar-refractivity contribution in [2.75, 3.05) is 6.54 Å². The van der Waals surface area contributed by atoms with Gasteiger partial charge in [-0.15, -0.1) is 0 Å². The van der Waals surface area contributed by atoms with E-state index in [2.05, 4.69) is 4.98 Å². The molecule has 4 heteroatoms. The first-order valence-corrected chi connectivity index (χ1v) is 4.91. The van der Waals surface area contributed by atoms with Gasteiger partial charge >= 0.3 is 0 Å². The zero-order valence-electron chi connectivity index (χ0n) is 7.66. The molecule has 2 N–H and O–H groups in total. The van der Waals surface area contributed by atoms with Crippen LogP contribution in [-0.4, -0.2) is 11.5 Å². The monoisotopic (exact) mass is 210 g/mol. The Kier molecular flexibility index (Phi) is 2.70. The van der Waals surface area contributed by atoms with E-state index in [1.165, 1.54) is 6.39 Å². The number of aryl methyl sites for hydroxylation is 1. The lowest BCUT2D eigenvalue weighted by Crippen LogP contribution is -2.00. The number of fused-ring (bicyclic) bond motifs is 1. The molecule has 0 saturated carbocycles. The minimum absolute atomic E-state index is 0.618. The van der Waals surface area contributed by atoms with Gasteiger partial charge in [-0.25, -0.2) is 4.98 Å². The lowest BCUT2D eigenvalue weighted by atomic mass is 10.1. The molecule has 0 aliphatic carbocycles. The molecule has 1 aromatic carbocycles. The van der Waals surface area contributed by atoms with Gasteiger partial charge in [0, 0.05) is 0 Å². The fourth-order valence-corrected chi connectivity index (χ4v) is 1.71. The van der Waals surface area contributed by atoms with E-state index in [-0.39, 0.29) is 0 Å². The van der Waals surface area contributed by atoms with Crippen LogP contribution < -0.4 is 5.73 Å². The molecule has 1 aromatic heterocycles. The zero-order valence-corrected chi connectivity index (χ0v) is 8.42. The number of hydrogen-bond acceptors (Lipinski definition) is 3. The lowest BCUT2D eigenvalue weighted by Gasteiger charge is -2.00. The number of benzene rings is 1. The summed E-state index contributed by atoms with van der Waals surface area (Å²) in [6.07, 6.45) is 3.29. The second-order valence-corrected chi connectivity index (χ2v) is 3.58. The van der Waals surface area contributed by atoms with E-state index in [1.54, 1.807) is 0 Å². The fraction of sp³-hybridized carbons (Fsp3) is 0.300. The summed E-state index contributed by atoms with van der Waals surface area (Å²) in [5, 5.41) is 0.618. The minimum atomic E-state index is 0.618. The summed E-state index contributed by atoms with van der Waals surface area (Å²) in [5.41, 5.74) is 8.06. The normalized spacial score (nSPS) is 11.0. The Morgan fingerprint density at radius 2 is 2.29 bits per heavy atom. The van der Waals surface area contributed by atoms with Gasteiger partial charge in [0.1, 0.15) is 5.52 Å². The highest BCUT2D eigenvalue weighted by molar-refractivity contribution is 6.34. The Morgan fingerprint density at radius 3 is 3.07 bits per heavy atom. The third kappa shape index (κ3) is 1.74. The molecule has 3 nitrogen and oxygen atoms in total. The van der Waals surface area contributed by atoms with Crippen molar-refractivity contribution >= 4 is 22.7 Å². The molecule has 74 valence electrons. The van der Waals surface area contributed by atoms with Gasteiger partial charge in [-0.1, -0.05) is 11.6 Å². The van der Waals surface area contributed by atoms with Crippen molar-refractivity contribution < 1.29 is 4.42 Å². The zero-order chi connectivity index (χ0) is 9.97. The van der Waals surface area contributed by atoms with Crippen LogP contribution in [0.25, 0.3) is 11.1 Å². The SMILES string of the molecule is NCCCc1cc(Cl)c2ocnc2c1. The van der Waals surface area contributed by atoms with E-state index in [0.29, 0.717) is 17.2 Å². The highest BCUT2D eigenvalue weighted by atomic mass is 35.5. The maximum atomic E-state index is 6.02.